The quantitative estimate of drug-likeness (QED) is 0.783. The van der Waals surface area contributed by atoms with Gasteiger partial charge < -0.3 is 10.8 Å². The molecule has 1 heterocycles. The molecule has 6 nitrogen and oxygen atoms in total. The molecule has 120 valence electrons. The van der Waals surface area contributed by atoms with Gasteiger partial charge in [0, 0.05) is 5.56 Å². The normalized spacial score (nSPS) is 16.3. The molecule has 3 rings (SSSR count). The highest BCUT2D eigenvalue weighted by Crippen LogP contribution is 2.33. The van der Waals surface area contributed by atoms with Crippen molar-refractivity contribution in [2.24, 2.45) is 0 Å². The number of rotatable bonds is 5. The van der Waals surface area contributed by atoms with Gasteiger partial charge in [0.15, 0.2) is 0 Å². The number of benzene rings is 1. The van der Waals surface area contributed by atoms with E-state index >= 15 is 0 Å². The van der Waals surface area contributed by atoms with Crippen LogP contribution in [-0.2, 0) is 12.8 Å². The van der Waals surface area contributed by atoms with Crippen LogP contribution >= 0.6 is 0 Å². The second kappa shape index (κ2) is 6.24. The van der Waals surface area contributed by atoms with Crippen molar-refractivity contribution >= 4 is 11.9 Å². The van der Waals surface area contributed by atoms with E-state index in [2.05, 4.69) is 9.97 Å². The standard InChI is InChI=1S/C17H19N3O3/c18-17-19-13-9-8-11(14(13)15(21)20-17)3-1-2-10-4-6-12(7-5-10)16(22)23/h4-7,11H,1-3,8-9H2,(H,22,23)(H3,18,19,20,21). The van der Waals surface area contributed by atoms with Crippen molar-refractivity contribution in [1.29, 1.82) is 0 Å². The van der Waals surface area contributed by atoms with Crippen molar-refractivity contribution in [3.8, 4) is 0 Å². The van der Waals surface area contributed by atoms with Gasteiger partial charge >= 0.3 is 5.97 Å². The van der Waals surface area contributed by atoms with Crippen LogP contribution in [0.1, 0.15) is 52.4 Å². The molecule has 0 amide bonds. The monoisotopic (exact) mass is 313 g/mol. The molecule has 0 radical (unpaired) electrons. The van der Waals surface area contributed by atoms with E-state index in [1.807, 2.05) is 12.1 Å². The first-order chi connectivity index (χ1) is 11.0. The van der Waals surface area contributed by atoms with Gasteiger partial charge in [-0.05, 0) is 55.7 Å². The van der Waals surface area contributed by atoms with E-state index in [1.165, 1.54) is 0 Å². The Morgan fingerprint density at radius 3 is 2.78 bits per heavy atom. The van der Waals surface area contributed by atoms with Gasteiger partial charge in [-0.3, -0.25) is 9.78 Å². The van der Waals surface area contributed by atoms with Gasteiger partial charge in [0.1, 0.15) is 0 Å². The number of hydrogen-bond acceptors (Lipinski definition) is 4. The molecular formula is C17H19N3O3. The lowest BCUT2D eigenvalue weighted by atomic mass is 9.95. The van der Waals surface area contributed by atoms with Gasteiger partial charge in [0.25, 0.3) is 5.56 Å². The number of nitrogens with one attached hydrogen (secondary N) is 1. The average Bonchev–Trinajstić information content (AvgIpc) is 2.91. The number of aromatic nitrogens is 2. The summed E-state index contributed by atoms with van der Waals surface area (Å²) in [5.74, 6) is -0.488. The molecule has 6 heteroatoms. The Morgan fingerprint density at radius 2 is 2.09 bits per heavy atom. The summed E-state index contributed by atoms with van der Waals surface area (Å²) in [5.41, 5.74) is 8.50. The van der Waals surface area contributed by atoms with Gasteiger partial charge in [-0.15, -0.1) is 0 Å². The maximum absolute atomic E-state index is 12.0. The highest BCUT2D eigenvalue weighted by atomic mass is 16.4. The molecule has 4 N–H and O–H groups in total. The minimum atomic E-state index is -0.912. The van der Waals surface area contributed by atoms with E-state index in [9.17, 15) is 9.59 Å². The Labute approximate surface area is 133 Å². The molecule has 1 aliphatic carbocycles. The first-order valence-electron chi connectivity index (χ1n) is 7.75. The van der Waals surface area contributed by atoms with Crippen LogP contribution in [0.25, 0.3) is 0 Å². The summed E-state index contributed by atoms with van der Waals surface area (Å²) in [6, 6.07) is 6.95. The highest BCUT2D eigenvalue weighted by Gasteiger charge is 2.26. The van der Waals surface area contributed by atoms with Crippen molar-refractivity contribution in [3.05, 3.63) is 57.0 Å². The molecule has 1 aromatic carbocycles. The Morgan fingerprint density at radius 1 is 1.35 bits per heavy atom. The number of nitrogens with zero attached hydrogens (tertiary/aromatic N) is 1. The van der Waals surface area contributed by atoms with Gasteiger partial charge in [0.2, 0.25) is 5.95 Å². The predicted molar refractivity (Wildman–Crippen MR) is 86.7 cm³/mol. The van der Waals surface area contributed by atoms with E-state index in [4.69, 9.17) is 10.8 Å². The molecule has 23 heavy (non-hydrogen) atoms. The number of aromatic carboxylic acids is 1. The Balaban J connectivity index is 1.61. The molecule has 2 aromatic rings. The topological polar surface area (TPSA) is 109 Å². The van der Waals surface area contributed by atoms with E-state index < -0.39 is 5.97 Å². The van der Waals surface area contributed by atoms with Crippen molar-refractivity contribution < 1.29 is 9.90 Å². The number of nitrogen functional groups attached to an aromatic ring is 1. The van der Waals surface area contributed by atoms with Gasteiger partial charge in [-0.2, -0.15) is 0 Å². The lowest BCUT2D eigenvalue weighted by Crippen LogP contribution is -2.18. The molecule has 0 aliphatic heterocycles. The molecule has 0 saturated heterocycles. The van der Waals surface area contributed by atoms with Crippen molar-refractivity contribution in [1.82, 2.24) is 9.97 Å². The maximum atomic E-state index is 12.0. The second-order valence-electron chi connectivity index (χ2n) is 5.94. The largest absolute Gasteiger partial charge is 0.478 e. The van der Waals surface area contributed by atoms with Crippen molar-refractivity contribution in [2.75, 3.05) is 5.73 Å². The summed E-state index contributed by atoms with van der Waals surface area (Å²) in [6.07, 6.45) is 4.48. The molecule has 1 unspecified atom stereocenters. The molecule has 0 bridgehead atoms. The summed E-state index contributed by atoms with van der Waals surface area (Å²) in [5, 5.41) is 8.89. The fourth-order valence-electron chi connectivity index (χ4n) is 3.27. The predicted octanol–water partition coefficient (Wildman–Crippen LogP) is 2.10. The minimum absolute atomic E-state index is 0.110. The smallest absolute Gasteiger partial charge is 0.335 e. The summed E-state index contributed by atoms with van der Waals surface area (Å²) in [4.78, 5) is 29.7. The lowest BCUT2D eigenvalue weighted by molar-refractivity contribution is 0.0697. The molecule has 1 aliphatic rings. The number of carbonyl (C=O) groups is 1. The number of hydrogen-bond donors (Lipinski definition) is 3. The molecule has 1 aromatic heterocycles. The Kier molecular flexibility index (Phi) is 4.14. The van der Waals surface area contributed by atoms with E-state index in [-0.39, 0.29) is 17.4 Å². The van der Waals surface area contributed by atoms with Crippen LogP contribution in [0.5, 0.6) is 0 Å². The van der Waals surface area contributed by atoms with Crippen LogP contribution in [0, 0.1) is 0 Å². The fourth-order valence-corrected chi connectivity index (χ4v) is 3.27. The number of fused-ring (bicyclic) bond motifs is 1. The molecule has 0 spiro atoms. The first kappa shape index (κ1) is 15.3. The number of carboxylic acids is 1. The van der Waals surface area contributed by atoms with E-state index in [1.54, 1.807) is 12.1 Å². The molecule has 0 fully saturated rings. The van der Waals surface area contributed by atoms with Gasteiger partial charge in [-0.1, -0.05) is 12.1 Å². The molecule has 1 atom stereocenters. The zero-order valence-corrected chi connectivity index (χ0v) is 12.7. The SMILES string of the molecule is Nc1nc2c(c(=O)[nH]1)C(CCCc1ccc(C(=O)O)cc1)CC2. The van der Waals surface area contributed by atoms with E-state index in [0.29, 0.717) is 5.56 Å². The number of H-pyrrole nitrogens is 1. The second-order valence-corrected chi connectivity index (χ2v) is 5.94. The zero-order valence-electron chi connectivity index (χ0n) is 12.7. The number of nitrogens with two attached hydrogens (primary N) is 1. The highest BCUT2D eigenvalue weighted by molar-refractivity contribution is 5.87. The number of anilines is 1. The summed E-state index contributed by atoms with van der Waals surface area (Å²) in [6.45, 7) is 0. The van der Waals surface area contributed by atoms with Crippen LogP contribution in [0.3, 0.4) is 0 Å². The van der Waals surface area contributed by atoms with Crippen LogP contribution in [0.2, 0.25) is 0 Å². The zero-order chi connectivity index (χ0) is 16.4. The Hall–Kier alpha value is -2.63. The number of aromatic amines is 1. The average molecular weight is 313 g/mol. The molecule has 0 saturated carbocycles. The summed E-state index contributed by atoms with van der Waals surface area (Å²) < 4.78 is 0. The van der Waals surface area contributed by atoms with Gasteiger partial charge in [0.05, 0.1) is 11.3 Å². The van der Waals surface area contributed by atoms with Crippen LogP contribution < -0.4 is 11.3 Å². The summed E-state index contributed by atoms with van der Waals surface area (Å²) >= 11 is 0. The minimum Gasteiger partial charge on any atom is -0.478 e. The first-order valence-corrected chi connectivity index (χ1v) is 7.75. The number of aryl methyl sites for hydroxylation is 2. The molecular weight excluding hydrogens is 294 g/mol. The summed E-state index contributed by atoms with van der Waals surface area (Å²) in [7, 11) is 0. The van der Waals surface area contributed by atoms with E-state index in [0.717, 1.165) is 48.9 Å². The van der Waals surface area contributed by atoms with Crippen LogP contribution in [0.4, 0.5) is 5.95 Å². The third-order valence-electron chi connectivity index (χ3n) is 4.41. The van der Waals surface area contributed by atoms with Crippen LogP contribution in [-0.4, -0.2) is 21.0 Å². The third-order valence-corrected chi connectivity index (χ3v) is 4.41. The third kappa shape index (κ3) is 3.26. The fraction of sp³-hybridized carbons (Fsp3) is 0.353. The Bertz CT molecular complexity index is 781. The lowest BCUT2D eigenvalue weighted by Gasteiger charge is -2.10. The maximum Gasteiger partial charge on any atom is 0.335 e. The number of carboxylic acid groups (broad SMARTS) is 1. The van der Waals surface area contributed by atoms with Crippen molar-refractivity contribution in [2.45, 2.75) is 38.0 Å². The van der Waals surface area contributed by atoms with Crippen molar-refractivity contribution in [3.63, 3.8) is 0 Å². The van der Waals surface area contributed by atoms with Gasteiger partial charge in [-0.25, -0.2) is 9.78 Å². The van der Waals surface area contributed by atoms with Crippen LogP contribution in [0.15, 0.2) is 29.1 Å².